The van der Waals surface area contributed by atoms with E-state index in [0.717, 1.165) is 6.07 Å². The van der Waals surface area contributed by atoms with Gasteiger partial charge in [0.05, 0.1) is 31.7 Å². The first-order chi connectivity index (χ1) is 19.5. The maximum Gasteiger partial charge on any atom is 0.257 e. The molecule has 0 saturated heterocycles. The molecule has 41 heavy (non-hydrogen) atoms. The quantitative estimate of drug-likeness (QED) is 0.268. The van der Waals surface area contributed by atoms with E-state index in [9.17, 15) is 19.1 Å². The lowest BCUT2D eigenvalue weighted by atomic mass is 9.82. The molecular formula is C30H26Cl2FN3O5. The van der Waals surface area contributed by atoms with Crippen LogP contribution >= 0.6 is 23.2 Å². The molecule has 0 radical (unpaired) electrons. The number of nitrogens with one attached hydrogen (secondary N) is 1. The molecule has 11 heteroatoms. The summed E-state index contributed by atoms with van der Waals surface area (Å²) in [5.41, 5.74) is -0.605. The minimum atomic E-state index is -2.20. The van der Waals surface area contributed by atoms with Gasteiger partial charge in [0, 0.05) is 40.0 Å². The molecule has 1 amide bonds. The standard InChI is InChI=1S/C30H26Cl2FN3O5/c1-15(2)28-27(30(39)20-7-5-17(31)9-16(20)10-25(30)37)19(29(38)35-22-11-18(32)6-8-21(22)33)14-36(28)23-13-34-26(41-4)12-24(23)40-3/h5-9,11-15,39H,10H2,1-4H3,(H,35,38). The largest absolute Gasteiger partial charge is 0.494 e. The van der Waals surface area contributed by atoms with Crippen molar-refractivity contribution < 1.29 is 28.6 Å². The van der Waals surface area contributed by atoms with Crippen LogP contribution in [0.1, 0.15) is 52.5 Å². The Bertz CT molecular complexity index is 1700. The minimum absolute atomic E-state index is 0.0513. The summed E-state index contributed by atoms with van der Waals surface area (Å²) in [6, 6.07) is 10.1. The lowest BCUT2D eigenvalue weighted by Crippen LogP contribution is -2.36. The highest BCUT2D eigenvalue weighted by atomic mass is 35.5. The number of benzene rings is 2. The second-order valence-electron chi connectivity index (χ2n) is 9.92. The molecule has 1 aliphatic rings. The SMILES string of the molecule is COc1cc(OC)c(-n2cc(C(=O)Nc3cc(Cl)ccc3F)c(C3(O)C(=O)Cc4cc(Cl)ccc43)c2C(C)C)cn1. The summed E-state index contributed by atoms with van der Waals surface area (Å²) in [7, 11) is 2.94. The molecule has 212 valence electrons. The third kappa shape index (κ3) is 4.84. The number of amides is 1. The van der Waals surface area contributed by atoms with Crippen LogP contribution in [0.3, 0.4) is 0 Å². The predicted octanol–water partition coefficient (Wildman–Crippen LogP) is 6.07. The number of aliphatic hydroxyl groups is 1. The van der Waals surface area contributed by atoms with Crippen molar-refractivity contribution in [1.29, 1.82) is 0 Å². The number of Topliss-reactive ketones (excluding diaryl/α,β-unsaturated/α-hetero) is 1. The zero-order valence-corrected chi connectivity index (χ0v) is 24.1. The van der Waals surface area contributed by atoms with Gasteiger partial charge in [-0.25, -0.2) is 9.37 Å². The number of halogens is 3. The molecule has 5 rings (SSSR count). The van der Waals surface area contributed by atoms with Gasteiger partial charge in [-0.05, 0) is 47.4 Å². The zero-order valence-electron chi connectivity index (χ0n) is 22.6. The summed E-state index contributed by atoms with van der Waals surface area (Å²) < 4.78 is 27.1. The van der Waals surface area contributed by atoms with Crippen LogP contribution in [-0.2, 0) is 16.8 Å². The number of pyridine rings is 1. The number of carbonyl (C=O) groups excluding carboxylic acids is 2. The number of nitrogens with zero attached hydrogens (tertiary/aromatic N) is 2. The predicted molar refractivity (Wildman–Crippen MR) is 153 cm³/mol. The maximum absolute atomic E-state index is 14.6. The van der Waals surface area contributed by atoms with Gasteiger partial charge in [0.2, 0.25) is 5.88 Å². The van der Waals surface area contributed by atoms with Gasteiger partial charge in [0.15, 0.2) is 11.4 Å². The van der Waals surface area contributed by atoms with Gasteiger partial charge in [-0.3, -0.25) is 9.59 Å². The van der Waals surface area contributed by atoms with Gasteiger partial charge < -0.3 is 24.5 Å². The first kappa shape index (κ1) is 28.6. The van der Waals surface area contributed by atoms with E-state index in [1.165, 1.54) is 38.7 Å². The molecule has 1 unspecified atom stereocenters. The Morgan fingerprint density at radius 3 is 2.51 bits per heavy atom. The van der Waals surface area contributed by atoms with Crippen molar-refractivity contribution >= 4 is 40.6 Å². The molecule has 1 atom stereocenters. The van der Waals surface area contributed by atoms with Crippen LogP contribution in [-0.4, -0.2) is 40.6 Å². The van der Waals surface area contributed by atoms with Crippen molar-refractivity contribution in [2.75, 3.05) is 19.5 Å². The molecule has 2 aromatic heterocycles. The molecule has 4 aromatic rings. The zero-order chi connectivity index (χ0) is 29.6. The first-order valence-electron chi connectivity index (χ1n) is 12.6. The number of carbonyl (C=O) groups is 2. The van der Waals surface area contributed by atoms with Crippen molar-refractivity contribution in [2.24, 2.45) is 0 Å². The van der Waals surface area contributed by atoms with Crippen LogP contribution in [0.25, 0.3) is 5.69 Å². The van der Waals surface area contributed by atoms with E-state index in [2.05, 4.69) is 10.3 Å². The summed E-state index contributed by atoms with van der Waals surface area (Å²) in [6.45, 7) is 3.73. The number of hydrogen-bond donors (Lipinski definition) is 2. The van der Waals surface area contributed by atoms with E-state index in [1.54, 1.807) is 28.8 Å². The molecule has 8 nitrogen and oxygen atoms in total. The third-order valence-electron chi connectivity index (χ3n) is 7.09. The summed E-state index contributed by atoms with van der Waals surface area (Å²) in [6.07, 6.45) is 2.89. The van der Waals surface area contributed by atoms with Crippen molar-refractivity contribution in [3.05, 3.63) is 98.7 Å². The van der Waals surface area contributed by atoms with Crippen LogP contribution in [0.4, 0.5) is 10.1 Å². The van der Waals surface area contributed by atoms with Gasteiger partial charge in [-0.2, -0.15) is 0 Å². The molecule has 2 aromatic carbocycles. The van der Waals surface area contributed by atoms with E-state index in [4.69, 9.17) is 32.7 Å². The number of hydrogen-bond acceptors (Lipinski definition) is 6. The second kappa shape index (κ2) is 10.8. The molecule has 0 spiro atoms. The summed E-state index contributed by atoms with van der Waals surface area (Å²) in [5, 5.41) is 15.5. The smallest absolute Gasteiger partial charge is 0.257 e. The number of ether oxygens (including phenoxy) is 2. The van der Waals surface area contributed by atoms with Crippen molar-refractivity contribution in [1.82, 2.24) is 9.55 Å². The lowest BCUT2D eigenvalue weighted by molar-refractivity contribution is -0.131. The summed E-state index contributed by atoms with van der Waals surface area (Å²) >= 11 is 12.2. The number of methoxy groups -OCH3 is 2. The Labute approximate surface area is 245 Å². The van der Waals surface area contributed by atoms with Crippen LogP contribution in [0, 0.1) is 5.82 Å². The second-order valence-corrected chi connectivity index (χ2v) is 10.8. The molecule has 1 aliphatic carbocycles. The Kier molecular flexibility index (Phi) is 7.54. The van der Waals surface area contributed by atoms with Gasteiger partial charge in [-0.1, -0.05) is 43.1 Å². The fraction of sp³-hybridized carbons (Fsp3) is 0.233. The highest BCUT2D eigenvalue weighted by molar-refractivity contribution is 6.31. The Morgan fingerprint density at radius 1 is 1.12 bits per heavy atom. The number of anilines is 1. The van der Waals surface area contributed by atoms with E-state index < -0.39 is 23.1 Å². The highest BCUT2D eigenvalue weighted by Crippen LogP contribution is 2.46. The van der Waals surface area contributed by atoms with Crippen molar-refractivity contribution in [3.8, 4) is 17.3 Å². The summed E-state index contributed by atoms with van der Waals surface area (Å²) in [5.74, 6) is -1.65. The van der Waals surface area contributed by atoms with Gasteiger partial charge in [-0.15, -0.1) is 0 Å². The average Bonchev–Trinajstić information content (AvgIpc) is 3.46. The molecule has 0 aliphatic heterocycles. The van der Waals surface area contributed by atoms with Crippen LogP contribution < -0.4 is 14.8 Å². The Morgan fingerprint density at radius 2 is 1.83 bits per heavy atom. The van der Waals surface area contributed by atoms with Crippen molar-refractivity contribution in [2.45, 2.75) is 31.8 Å². The Hall–Kier alpha value is -3.92. The Balaban J connectivity index is 1.81. The molecule has 0 bridgehead atoms. The fourth-order valence-electron chi connectivity index (χ4n) is 5.28. The normalized spacial score (nSPS) is 16.2. The lowest BCUT2D eigenvalue weighted by Gasteiger charge is -2.27. The topological polar surface area (TPSA) is 103 Å². The number of aromatic nitrogens is 2. The fourth-order valence-corrected chi connectivity index (χ4v) is 5.64. The first-order valence-corrected chi connectivity index (χ1v) is 13.4. The van der Waals surface area contributed by atoms with E-state index >= 15 is 0 Å². The van der Waals surface area contributed by atoms with E-state index in [1.807, 2.05) is 13.8 Å². The molecule has 0 saturated carbocycles. The number of ketones is 1. The van der Waals surface area contributed by atoms with Crippen LogP contribution in [0.15, 0.2) is 54.9 Å². The monoisotopic (exact) mass is 597 g/mol. The molecular weight excluding hydrogens is 572 g/mol. The van der Waals surface area contributed by atoms with Gasteiger partial charge in [0.1, 0.15) is 17.3 Å². The van der Waals surface area contributed by atoms with Gasteiger partial charge >= 0.3 is 0 Å². The molecule has 2 heterocycles. The third-order valence-corrected chi connectivity index (χ3v) is 7.56. The van der Waals surface area contributed by atoms with Crippen LogP contribution in [0.5, 0.6) is 11.6 Å². The van der Waals surface area contributed by atoms with E-state index in [0.29, 0.717) is 39.2 Å². The van der Waals surface area contributed by atoms with Crippen LogP contribution in [0.2, 0.25) is 10.0 Å². The number of fused-ring (bicyclic) bond motifs is 1. The number of rotatable bonds is 7. The van der Waals surface area contributed by atoms with Gasteiger partial charge in [0.25, 0.3) is 5.91 Å². The molecule has 0 fully saturated rings. The maximum atomic E-state index is 14.6. The van der Waals surface area contributed by atoms with E-state index in [-0.39, 0.29) is 34.2 Å². The highest BCUT2D eigenvalue weighted by Gasteiger charge is 2.51. The molecule has 2 N–H and O–H groups in total. The van der Waals surface area contributed by atoms with Crippen molar-refractivity contribution in [3.63, 3.8) is 0 Å². The summed E-state index contributed by atoms with van der Waals surface area (Å²) in [4.78, 5) is 31.9. The minimum Gasteiger partial charge on any atom is -0.494 e. The average molecular weight is 598 g/mol.